The van der Waals surface area contributed by atoms with Crippen molar-refractivity contribution in [1.82, 2.24) is 0 Å². The van der Waals surface area contributed by atoms with Crippen LogP contribution in [-0.4, -0.2) is 51.1 Å². The molecule has 1 rings (SSSR count). The minimum atomic E-state index is -5.50. The van der Waals surface area contributed by atoms with Gasteiger partial charge in [-0.2, -0.15) is 17.2 Å². The Bertz CT molecular complexity index is 688. The molecule has 1 fully saturated rings. The van der Waals surface area contributed by atoms with Gasteiger partial charge in [0.1, 0.15) is 6.61 Å². The molecule has 0 aromatic carbocycles. The van der Waals surface area contributed by atoms with Crippen LogP contribution in [0.2, 0.25) is 0 Å². The summed E-state index contributed by atoms with van der Waals surface area (Å²) in [6.45, 7) is 3.97. The number of hydrogen-bond donors (Lipinski definition) is 0. The summed E-state index contributed by atoms with van der Waals surface area (Å²) in [5.41, 5.74) is 0.247. The van der Waals surface area contributed by atoms with Gasteiger partial charge in [-0.1, -0.05) is 11.1 Å². The highest BCUT2D eigenvalue weighted by atomic mass is 32.2. The maximum atomic E-state index is 13.6. The van der Waals surface area contributed by atoms with Crippen molar-refractivity contribution >= 4 is 22.1 Å². The van der Waals surface area contributed by atoms with Crippen molar-refractivity contribution in [1.29, 1.82) is 0 Å². The first kappa shape index (κ1) is 22.4. The fraction of sp³-hybridized carbons (Fsp3) is 0.733. The topological polar surface area (TPSA) is 96.0 Å². The Kier molecular flexibility index (Phi) is 6.86. The Morgan fingerprint density at radius 2 is 1.88 bits per heavy atom. The molecule has 0 amide bonds. The molecule has 150 valence electrons. The van der Waals surface area contributed by atoms with Gasteiger partial charge in [0, 0.05) is 6.42 Å². The smallest absolute Gasteiger partial charge is 0.403 e. The van der Waals surface area contributed by atoms with Crippen molar-refractivity contribution in [3.05, 3.63) is 11.1 Å². The monoisotopic (exact) mass is 402 g/mol. The third-order valence-electron chi connectivity index (χ3n) is 4.15. The van der Waals surface area contributed by atoms with Crippen molar-refractivity contribution in [2.75, 3.05) is 13.7 Å². The Morgan fingerprint density at radius 1 is 1.35 bits per heavy atom. The van der Waals surface area contributed by atoms with Crippen LogP contribution in [-0.2, 0) is 33.4 Å². The first-order chi connectivity index (χ1) is 11.8. The summed E-state index contributed by atoms with van der Waals surface area (Å²) in [4.78, 5) is 23.3. The number of esters is 2. The van der Waals surface area contributed by atoms with Crippen LogP contribution in [0.15, 0.2) is 11.1 Å². The number of carbonyl (C=O) groups is 2. The van der Waals surface area contributed by atoms with Crippen molar-refractivity contribution in [2.45, 2.75) is 57.1 Å². The maximum Gasteiger partial charge on any atom is 0.403 e. The Morgan fingerprint density at radius 3 is 2.31 bits per heavy atom. The van der Waals surface area contributed by atoms with Crippen LogP contribution in [0, 0.1) is 0 Å². The molecule has 7 nitrogen and oxygen atoms in total. The lowest BCUT2D eigenvalue weighted by molar-refractivity contribution is -0.210. The molecule has 1 aliphatic rings. The molecule has 0 bridgehead atoms. The number of ether oxygens (including phenoxy) is 2. The quantitative estimate of drug-likeness (QED) is 0.332. The zero-order chi connectivity index (χ0) is 20.3. The van der Waals surface area contributed by atoms with E-state index in [-0.39, 0.29) is 12.8 Å². The van der Waals surface area contributed by atoms with Crippen LogP contribution in [0.1, 0.15) is 40.0 Å². The van der Waals surface area contributed by atoms with Crippen LogP contribution in [0.25, 0.3) is 0 Å². The second kappa shape index (κ2) is 7.95. The molecule has 0 N–H and O–H groups in total. The van der Waals surface area contributed by atoms with Crippen molar-refractivity contribution in [3.63, 3.8) is 0 Å². The molecule has 1 aliphatic heterocycles. The standard InChI is InChI=1S/C15H21F3O7S/c1-9(2)10(3)5-6-14(7-12(19)25-14)13(20)24-8-11(16)15(17,18)26(21,22)23-4/h11H,5-8H2,1-4H3. The van der Waals surface area contributed by atoms with Gasteiger partial charge in [0.25, 0.3) is 0 Å². The van der Waals surface area contributed by atoms with Gasteiger partial charge < -0.3 is 9.47 Å². The van der Waals surface area contributed by atoms with Crippen LogP contribution in [0.5, 0.6) is 0 Å². The van der Waals surface area contributed by atoms with E-state index in [0.717, 1.165) is 11.1 Å². The molecule has 0 spiro atoms. The van der Waals surface area contributed by atoms with Crippen molar-refractivity contribution in [2.24, 2.45) is 0 Å². The van der Waals surface area contributed by atoms with Gasteiger partial charge in [0.15, 0.2) is 0 Å². The summed E-state index contributed by atoms with van der Waals surface area (Å²) < 4.78 is 75.5. The van der Waals surface area contributed by atoms with Gasteiger partial charge in [0.05, 0.1) is 13.5 Å². The van der Waals surface area contributed by atoms with Gasteiger partial charge in [-0.25, -0.2) is 9.18 Å². The largest absolute Gasteiger partial charge is 0.459 e. The molecule has 0 aliphatic carbocycles. The van der Waals surface area contributed by atoms with E-state index in [1.807, 2.05) is 20.8 Å². The van der Waals surface area contributed by atoms with Crippen molar-refractivity contribution in [3.8, 4) is 0 Å². The molecule has 0 aromatic heterocycles. The van der Waals surface area contributed by atoms with E-state index in [2.05, 4.69) is 8.92 Å². The minimum Gasteiger partial charge on any atom is -0.459 e. The normalized spacial score (nSPS) is 21.4. The van der Waals surface area contributed by atoms with Crippen LogP contribution >= 0.6 is 0 Å². The third kappa shape index (κ3) is 4.56. The molecule has 0 radical (unpaired) electrons. The highest BCUT2D eigenvalue weighted by molar-refractivity contribution is 7.87. The number of halogens is 3. The first-order valence-corrected chi connectivity index (χ1v) is 9.04. The average molecular weight is 402 g/mol. The number of cyclic esters (lactones) is 1. The zero-order valence-electron chi connectivity index (χ0n) is 14.8. The predicted molar refractivity (Wildman–Crippen MR) is 83.5 cm³/mol. The highest BCUT2D eigenvalue weighted by Crippen LogP contribution is 2.36. The first-order valence-electron chi connectivity index (χ1n) is 7.63. The number of alkyl halides is 3. The fourth-order valence-corrected chi connectivity index (χ4v) is 2.69. The summed E-state index contributed by atoms with van der Waals surface area (Å²) in [7, 11) is -5.05. The molecule has 11 heteroatoms. The Balaban J connectivity index is 2.77. The second-order valence-electron chi connectivity index (χ2n) is 6.17. The molecule has 26 heavy (non-hydrogen) atoms. The molecule has 2 atom stereocenters. The zero-order valence-corrected chi connectivity index (χ0v) is 15.6. The summed E-state index contributed by atoms with van der Waals surface area (Å²) in [5.74, 6) is -1.88. The summed E-state index contributed by atoms with van der Waals surface area (Å²) >= 11 is 0. The molecular formula is C15H21F3O7S. The van der Waals surface area contributed by atoms with E-state index in [4.69, 9.17) is 4.74 Å². The van der Waals surface area contributed by atoms with Crippen LogP contribution in [0.3, 0.4) is 0 Å². The van der Waals surface area contributed by atoms with Crippen LogP contribution < -0.4 is 0 Å². The third-order valence-corrected chi connectivity index (χ3v) is 5.51. The number of carbonyl (C=O) groups excluding carboxylic acids is 2. The maximum absolute atomic E-state index is 13.6. The summed E-state index contributed by atoms with van der Waals surface area (Å²) in [6, 6.07) is 0. The van der Waals surface area contributed by atoms with Gasteiger partial charge in [0.2, 0.25) is 11.8 Å². The fourth-order valence-electron chi connectivity index (χ4n) is 2.08. The second-order valence-corrected chi connectivity index (χ2v) is 7.96. The molecule has 1 heterocycles. The van der Waals surface area contributed by atoms with Gasteiger partial charge in [-0.05, 0) is 27.2 Å². The average Bonchev–Trinajstić information content (AvgIpc) is 2.53. The SMILES string of the molecule is COS(=O)(=O)C(F)(F)C(F)COC(=O)C1(CCC(C)=C(C)C)CC(=O)O1. The lowest BCUT2D eigenvalue weighted by atomic mass is 9.87. The van der Waals surface area contributed by atoms with Crippen LogP contribution in [0.4, 0.5) is 13.2 Å². The molecule has 1 saturated heterocycles. The van der Waals surface area contributed by atoms with Gasteiger partial charge in [-0.15, -0.1) is 0 Å². The molecule has 0 saturated carbocycles. The predicted octanol–water partition coefficient (Wildman–Crippen LogP) is 2.26. The molecule has 2 unspecified atom stereocenters. The number of rotatable bonds is 9. The lowest BCUT2D eigenvalue weighted by Gasteiger charge is -2.38. The lowest BCUT2D eigenvalue weighted by Crippen LogP contribution is -2.55. The summed E-state index contributed by atoms with van der Waals surface area (Å²) in [6.07, 6.45) is -3.26. The Hall–Kier alpha value is -1.62. The minimum absolute atomic E-state index is 0.0400. The van der Waals surface area contributed by atoms with Crippen molar-refractivity contribution < 1.29 is 44.8 Å². The molecular weight excluding hydrogens is 381 g/mol. The van der Waals surface area contributed by atoms with E-state index in [0.29, 0.717) is 13.5 Å². The Labute approximate surface area is 149 Å². The van der Waals surface area contributed by atoms with E-state index in [1.165, 1.54) is 0 Å². The van der Waals surface area contributed by atoms with Gasteiger partial charge in [-0.3, -0.25) is 8.98 Å². The van der Waals surface area contributed by atoms with E-state index in [1.54, 1.807) is 0 Å². The highest BCUT2D eigenvalue weighted by Gasteiger charge is 2.57. The molecule has 0 aromatic rings. The van der Waals surface area contributed by atoms with E-state index >= 15 is 0 Å². The van der Waals surface area contributed by atoms with E-state index in [9.17, 15) is 31.2 Å². The van der Waals surface area contributed by atoms with Gasteiger partial charge >= 0.3 is 27.3 Å². The number of allylic oxidation sites excluding steroid dienone is 2. The summed E-state index contributed by atoms with van der Waals surface area (Å²) in [5, 5.41) is -4.90. The van der Waals surface area contributed by atoms with E-state index < -0.39 is 45.7 Å². The number of hydrogen-bond acceptors (Lipinski definition) is 7.